The average molecular weight is 357 g/mol. The van der Waals surface area contributed by atoms with E-state index >= 15 is 0 Å². The Kier molecular flexibility index (Phi) is 5.26. The van der Waals surface area contributed by atoms with Gasteiger partial charge in [-0.05, 0) is 35.4 Å². The molecule has 0 saturated carbocycles. The first-order chi connectivity index (χ1) is 12.5. The molecule has 2 aromatic rings. The number of hydrogen-bond donors (Lipinski definition) is 1. The Bertz CT molecular complexity index is 802. The van der Waals surface area contributed by atoms with Gasteiger partial charge >= 0.3 is 5.97 Å². The van der Waals surface area contributed by atoms with Crippen molar-refractivity contribution in [3.05, 3.63) is 53.6 Å². The lowest BCUT2D eigenvalue weighted by Gasteiger charge is -2.17. The molecular weight excluding hydrogens is 338 g/mol. The first-order valence-corrected chi connectivity index (χ1v) is 8.07. The molecule has 1 N–H and O–H groups in total. The average Bonchev–Trinajstić information content (AvgIpc) is 3.08. The standard InChI is InChI=1S/C19H19NO6/c1-20(10-13-2-5-15(6-3-13)24-11-19(22)23)18(21)9-14-4-7-16-17(8-14)26-12-25-16/h2-8H,9-12H2,1H3,(H,22,23). The molecule has 7 nitrogen and oxygen atoms in total. The molecule has 0 spiro atoms. The predicted octanol–water partition coefficient (Wildman–Crippen LogP) is 2.08. The van der Waals surface area contributed by atoms with Gasteiger partial charge in [-0.15, -0.1) is 0 Å². The summed E-state index contributed by atoms with van der Waals surface area (Å²) in [5.74, 6) is 0.790. The van der Waals surface area contributed by atoms with Crippen LogP contribution in [0, 0.1) is 0 Å². The number of nitrogens with zero attached hydrogens (tertiary/aromatic N) is 1. The maximum Gasteiger partial charge on any atom is 0.341 e. The van der Waals surface area contributed by atoms with E-state index in [-0.39, 0.29) is 25.7 Å². The summed E-state index contributed by atoms with van der Waals surface area (Å²) in [6.07, 6.45) is 0.271. The number of carboxylic acids is 1. The van der Waals surface area contributed by atoms with Crippen LogP contribution in [0.1, 0.15) is 11.1 Å². The van der Waals surface area contributed by atoms with Gasteiger partial charge in [-0.25, -0.2) is 4.79 Å². The highest BCUT2D eigenvalue weighted by molar-refractivity contribution is 5.78. The van der Waals surface area contributed by atoms with Gasteiger partial charge in [0.1, 0.15) is 5.75 Å². The van der Waals surface area contributed by atoms with E-state index in [4.69, 9.17) is 19.3 Å². The summed E-state index contributed by atoms with van der Waals surface area (Å²) in [7, 11) is 1.74. The summed E-state index contributed by atoms with van der Waals surface area (Å²) in [5.41, 5.74) is 1.79. The fraction of sp³-hybridized carbons (Fsp3) is 0.263. The molecule has 0 unspecified atom stereocenters. The molecular formula is C19H19NO6. The van der Waals surface area contributed by atoms with E-state index in [0.29, 0.717) is 23.8 Å². The van der Waals surface area contributed by atoms with E-state index in [1.165, 1.54) is 0 Å². The maximum atomic E-state index is 12.4. The van der Waals surface area contributed by atoms with Gasteiger partial charge in [-0.2, -0.15) is 0 Å². The zero-order valence-corrected chi connectivity index (χ0v) is 14.3. The van der Waals surface area contributed by atoms with Crippen molar-refractivity contribution in [2.24, 2.45) is 0 Å². The molecule has 1 amide bonds. The monoisotopic (exact) mass is 357 g/mol. The number of rotatable bonds is 7. The number of ether oxygens (including phenoxy) is 3. The topological polar surface area (TPSA) is 85.3 Å². The number of aliphatic carboxylic acids is 1. The second kappa shape index (κ2) is 7.77. The molecule has 26 heavy (non-hydrogen) atoms. The second-order valence-corrected chi connectivity index (χ2v) is 5.94. The zero-order valence-electron chi connectivity index (χ0n) is 14.3. The SMILES string of the molecule is CN(Cc1ccc(OCC(=O)O)cc1)C(=O)Cc1ccc2c(c1)OCO2. The number of carbonyl (C=O) groups excluding carboxylic acids is 1. The first kappa shape index (κ1) is 17.6. The van der Waals surface area contributed by atoms with Crippen LogP contribution in [0.4, 0.5) is 0 Å². The van der Waals surface area contributed by atoms with Crippen LogP contribution in [-0.2, 0) is 22.6 Å². The summed E-state index contributed by atoms with van der Waals surface area (Å²) < 4.78 is 15.7. The Morgan fingerprint density at radius 2 is 1.77 bits per heavy atom. The minimum Gasteiger partial charge on any atom is -0.482 e. The van der Waals surface area contributed by atoms with Crippen LogP contribution in [-0.4, -0.2) is 42.3 Å². The van der Waals surface area contributed by atoms with Crippen LogP contribution in [0.3, 0.4) is 0 Å². The molecule has 0 aliphatic carbocycles. The van der Waals surface area contributed by atoms with Crippen LogP contribution in [0.2, 0.25) is 0 Å². The number of benzene rings is 2. The zero-order chi connectivity index (χ0) is 18.5. The van der Waals surface area contributed by atoms with Crippen molar-refractivity contribution in [2.45, 2.75) is 13.0 Å². The fourth-order valence-corrected chi connectivity index (χ4v) is 2.56. The minimum atomic E-state index is -1.03. The van der Waals surface area contributed by atoms with Gasteiger partial charge < -0.3 is 24.2 Å². The number of likely N-dealkylation sites (N-methyl/N-ethyl adjacent to an activating group) is 1. The molecule has 0 atom stereocenters. The van der Waals surface area contributed by atoms with Gasteiger partial charge in [-0.1, -0.05) is 18.2 Å². The van der Waals surface area contributed by atoms with Crippen LogP contribution >= 0.6 is 0 Å². The Labute approximate surface area is 150 Å². The van der Waals surface area contributed by atoms with Crippen molar-refractivity contribution in [2.75, 3.05) is 20.4 Å². The second-order valence-electron chi connectivity index (χ2n) is 5.94. The number of carbonyl (C=O) groups is 2. The van der Waals surface area contributed by atoms with E-state index in [1.54, 1.807) is 30.1 Å². The summed E-state index contributed by atoms with van der Waals surface area (Å²) in [5, 5.41) is 8.60. The number of fused-ring (bicyclic) bond motifs is 1. The Balaban J connectivity index is 1.54. The van der Waals surface area contributed by atoms with E-state index in [2.05, 4.69) is 0 Å². The molecule has 0 radical (unpaired) electrons. The molecule has 0 fully saturated rings. The number of carboxylic acid groups (broad SMARTS) is 1. The van der Waals surface area contributed by atoms with Crippen LogP contribution < -0.4 is 14.2 Å². The predicted molar refractivity (Wildman–Crippen MR) is 92.3 cm³/mol. The smallest absolute Gasteiger partial charge is 0.341 e. The van der Waals surface area contributed by atoms with Crippen molar-refractivity contribution in [3.8, 4) is 17.2 Å². The van der Waals surface area contributed by atoms with Crippen LogP contribution in [0.25, 0.3) is 0 Å². The highest BCUT2D eigenvalue weighted by Gasteiger charge is 2.16. The van der Waals surface area contributed by atoms with Crippen molar-refractivity contribution in [3.63, 3.8) is 0 Å². The van der Waals surface area contributed by atoms with E-state index in [0.717, 1.165) is 11.1 Å². The lowest BCUT2D eigenvalue weighted by molar-refractivity contribution is -0.139. The lowest BCUT2D eigenvalue weighted by Crippen LogP contribution is -2.27. The summed E-state index contributed by atoms with van der Waals surface area (Å²) in [4.78, 5) is 24.6. The molecule has 1 aliphatic heterocycles. The quantitative estimate of drug-likeness (QED) is 0.817. The molecule has 0 aromatic heterocycles. The van der Waals surface area contributed by atoms with Crippen molar-refractivity contribution >= 4 is 11.9 Å². The van der Waals surface area contributed by atoms with Gasteiger partial charge in [0, 0.05) is 13.6 Å². The molecule has 0 saturated heterocycles. The number of hydrogen-bond acceptors (Lipinski definition) is 5. The Morgan fingerprint density at radius 1 is 1.08 bits per heavy atom. The Morgan fingerprint density at radius 3 is 2.50 bits per heavy atom. The maximum absolute atomic E-state index is 12.4. The van der Waals surface area contributed by atoms with E-state index in [9.17, 15) is 9.59 Å². The first-order valence-electron chi connectivity index (χ1n) is 8.07. The molecule has 7 heteroatoms. The van der Waals surface area contributed by atoms with Gasteiger partial charge in [0.25, 0.3) is 0 Å². The molecule has 136 valence electrons. The van der Waals surface area contributed by atoms with Crippen LogP contribution in [0.5, 0.6) is 17.2 Å². The lowest BCUT2D eigenvalue weighted by atomic mass is 10.1. The molecule has 1 aliphatic rings. The fourth-order valence-electron chi connectivity index (χ4n) is 2.56. The van der Waals surface area contributed by atoms with Crippen molar-refractivity contribution < 1.29 is 28.9 Å². The molecule has 3 rings (SSSR count). The molecule has 1 heterocycles. The summed E-state index contributed by atoms with van der Waals surface area (Å²) in [6, 6.07) is 12.5. The van der Waals surface area contributed by atoms with Crippen molar-refractivity contribution in [1.82, 2.24) is 4.90 Å². The normalized spacial score (nSPS) is 11.9. The van der Waals surface area contributed by atoms with E-state index in [1.807, 2.05) is 24.3 Å². The minimum absolute atomic E-state index is 0.0185. The third kappa shape index (κ3) is 4.44. The third-order valence-electron chi connectivity index (χ3n) is 3.92. The highest BCUT2D eigenvalue weighted by atomic mass is 16.7. The van der Waals surface area contributed by atoms with Crippen molar-refractivity contribution in [1.29, 1.82) is 0 Å². The summed E-state index contributed by atoms with van der Waals surface area (Å²) >= 11 is 0. The third-order valence-corrected chi connectivity index (χ3v) is 3.92. The van der Waals surface area contributed by atoms with Gasteiger partial charge in [0.15, 0.2) is 18.1 Å². The molecule has 2 aromatic carbocycles. The summed E-state index contributed by atoms with van der Waals surface area (Å²) in [6.45, 7) is 0.272. The molecule has 0 bridgehead atoms. The van der Waals surface area contributed by atoms with Crippen LogP contribution in [0.15, 0.2) is 42.5 Å². The Hall–Kier alpha value is -3.22. The van der Waals surface area contributed by atoms with Gasteiger partial charge in [-0.3, -0.25) is 4.79 Å². The van der Waals surface area contributed by atoms with Gasteiger partial charge in [0.05, 0.1) is 6.42 Å². The highest BCUT2D eigenvalue weighted by Crippen LogP contribution is 2.32. The van der Waals surface area contributed by atoms with Gasteiger partial charge in [0.2, 0.25) is 12.7 Å². The van der Waals surface area contributed by atoms with E-state index < -0.39 is 5.97 Å². The largest absolute Gasteiger partial charge is 0.482 e. The number of amides is 1.